The number of fused-ring (bicyclic) bond motifs is 2. The molecule has 1 saturated carbocycles. The van der Waals surface area contributed by atoms with E-state index in [1.165, 1.54) is 34.0 Å². The fourth-order valence-electron chi connectivity index (χ4n) is 5.07. The van der Waals surface area contributed by atoms with Gasteiger partial charge in [0.2, 0.25) is 5.75 Å². The minimum absolute atomic E-state index is 0.0452. The summed E-state index contributed by atoms with van der Waals surface area (Å²) >= 11 is 0. The summed E-state index contributed by atoms with van der Waals surface area (Å²) < 4.78 is 17.2. The first-order valence-corrected chi connectivity index (χ1v) is 10.7. The Morgan fingerprint density at radius 1 is 1.22 bits per heavy atom. The van der Waals surface area contributed by atoms with Gasteiger partial charge in [-0.15, -0.1) is 0 Å². The topological polar surface area (TPSA) is 115 Å². The lowest BCUT2D eigenvalue weighted by atomic mass is 9.78. The number of aromatic hydroxyl groups is 1. The molecule has 3 aromatic rings. The molecule has 0 unspecified atom stereocenters. The summed E-state index contributed by atoms with van der Waals surface area (Å²) in [4.78, 5) is 34.1. The Kier molecular flexibility index (Phi) is 4.99. The van der Waals surface area contributed by atoms with Gasteiger partial charge in [0, 0.05) is 24.1 Å². The van der Waals surface area contributed by atoms with Crippen LogP contribution < -0.4 is 10.9 Å². The van der Waals surface area contributed by atoms with Gasteiger partial charge in [-0.3, -0.25) is 14.2 Å². The first kappa shape index (κ1) is 20.3. The van der Waals surface area contributed by atoms with Crippen molar-refractivity contribution in [2.75, 3.05) is 0 Å². The van der Waals surface area contributed by atoms with E-state index in [1.54, 1.807) is 6.07 Å². The molecule has 1 aliphatic carbocycles. The van der Waals surface area contributed by atoms with Gasteiger partial charge in [-0.05, 0) is 31.7 Å². The molecule has 0 atom stereocenters. The number of hydrogen-bond acceptors (Lipinski definition) is 6. The normalized spacial score (nSPS) is 16.8. The predicted molar refractivity (Wildman–Crippen MR) is 112 cm³/mol. The first-order chi connectivity index (χ1) is 15.5. The van der Waals surface area contributed by atoms with Gasteiger partial charge in [0.05, 0.1) is 0 Å². The monoisotopic (exact) mass is 438 g/mol. The van der Waals surface area contributed by atoms with Crippen molar-refractivity contribution in [3.63, 3.8) is 0 Å². The summed E-state index contributed by atoms with van der Waals surface area (Å²) in [6, 6.07) is 4.48. The molecule has 1 aliphatic heterocycles. The number of nitrogens with one attached hydrogen (secondary N) is 1. The number of benzene rings is 1. The molecule has 1 fully saturated rings. The molecule has 10 heteroatoms. The standard InChI is InChI=1S/C22H23FN6O3/c23-15-6-3-5-14(17(15)29-13-24-12-26-29)11-25-19(31)16-18(30)20(32)28-10-4-9-22(21(28)27-16)7-1-2-8-22/h3,5-6,12-13,30H,1-2,4,7-11H2,(H,25,31). The van der Waals surface area contributed by atoms with E-state index in [1.807, 2.05) is 0 Å². The fourth-order valence-corrected chi connectivity index (χ4v) is 5.07. The highest BCUT2D eigenvalue weighted by Gasteiger charge is 2.42. The highest BCUT2D eigenvalue weighted by atomic mass is 19.1. The van der Waals surface area contributed by atoms with Gasteiger partial charge in [0.1, 0.15) is 30.0 Å². The maximum Gasteiger partial charge on any atom is 0.296 e. The number of halogens is 1. The van der Waals surface area contributed by atoms with E-state index in [-0.39, 0.29) is 23.3 Å². The zero-order chi connectivity index (χ0) is 22.3. The molecule has 0 bridgehead atoms. The van der Waals surface area contributed by atoms with Crippen molar-refractivity contribution in [1.82, 2.24) is 29.6 Å². The van der Waals surface area contributed by atoms with E-state index < -0.39 is 23.0 Å². The van der Waals surface area contributed by atoms with E-state index in [0.717, 1.165) is 38.5 Å². The molecule has 3 heterocycles. The summed E-state index contributed by atoms with van der Waals surface area (Å²) in [5.41, 5.74) is -0.445. The third kappa shape index (κ3) is 3.26. The van der Waals surface area contributed by atoms with E-state index >= 15 is 0 Å². The third-order valence-corrected chi connectivity index (χ3v) is 6.59. The number of carbonyl (C=O) groups is 1. The molecule has 0 saturated heterocycles. The molecule has 1 spiro atoms. The van der Waals surface area contributed by atoms with Crippen molar-refractivity contribution in [2.45, 2.75) is 57.0 Å². The Hall–Kier alpha value is -3.56. The average molecular weight is 438 g/mol. The quantitative estimate of drug-likeness (QED) is 0.645. The fraction of sp³-hybridized carbons (Fsp3) is 0.409. The van der Waals surface area contributed by atoms with Crippen LogP contribution >= 0.6 is 0 Å². The third-order valence-electron chi connectivity index (χ3n) is 6.59. The summed E-state index contributed by atoms with van der Waals surface area (Å²) in [7, 11) is 0. The molecule has 9 nitrogen and oxygen atoms in total. The van der Waals surface area contributed by atoms with Crippen LogP contribution in [0.15, 0.2) is 35.6 Å². The van der Waals surface area contributed by atoms with Crippen LogP contribution in [0, 0.1) is 5.82 Å². The molecular weight excluding hydrogens is 415 g/mol. The van der Waals surface area contributed by atoms with Gasteiger partial charge in [0.25, 0.3) is 11.5 Å². The maximum absolute atomic E-state index is 14.4. The summed E-state index contributed by atoms with van der Waals surface area (Å²) in [5, 5.41) is 17.1. The number of nitrogens with zero attached hydrogens (tertiary/aromatic N) is 5. The molecular formula is C22H23FN6O3. The van der Waals surface area contributed by atoms with Gasteiger partial charge in [-0.1, -0.05) is 25.0 Å². The van der Waals surface area contributed by atoms with Gasteiger partial charge < -0.3 is 10.4 Å². The van der Waals surface area contributed by atoms with Crippen LogP contribution in [0.25, 0.3) is 5.69 Å². The van der Waals surface area contributed by atoms with E-state index in [0.29, 0.717) is 17.9 Å². The molecule has 32 heavy (non-hydrogen) atoms. The first-order valence-electron chi connectivity index (χ1n) is 10.7. The lowest BCUT2D eigenvalue weighted by Crippen LogP contribution is -2.41. The number of amides is 1. The molecule has 2 N–H and O–H groups in total. The Morgan fingerprint density at radius 2 is 2.00 bits per heavy atom. The molecule has 1 amide bonds. The average Bonchev–Trinajstić information content (AvgIpc) is 3.48. The number of para-hydroxylation sites is 1. The van der Waals surface area contributed by atoms with Crippen molar-refractivity contribution in [3.05, 3.63) is 64.1 Å². The van der Waals surface area contributed by atoms with Crippen LogP contribution in [0.3, 0.4) is 0 Å². The SMILES string of the molecule is O=C(NCc1cccc(F)c1-n1cncn1)c1nc2n(c(=O)c1O)CCCC21CCCC1. The number of hydrogen-bond donors (Lipinski definition) is 2. The van der Waals surface area contributed by atoms with Crippen LogP contribution in [0.2, 0.25) is 0 Å². The maximum atomic E-state index is 14.4. The molecule has 1 aromatic carbocycles. The van der Waals surface area contributed by atoms with Crippen molar-refractivity contribution in [3.8, 4) is 11.4 Å². The van der Waals surface area contributed by atoms with Gasteiger partial charge in [-0.2, -0.15) is 5.10 Å². The molecule has 5 rings (SSSR count). The van der Waals surface area contributed by atoms with Crippen LogP contribution in [0.5, 0.6) is 5.75 Å². The van der Waals surface area contributed by atoms with Crippen molar-refractivity contribution in [2.24, 2.45) is 0 Å². The van der Waals surface area contributed by atoms with E-state index in [9.17, 15) is 19.1 Å². The van der Waals surface area contributed by atoms with Gasteiger partial charge in [0.15, 0.2) is 5.69 Å². The largest absolute Gasteiger partial charge is 0.501 e. The number of carbonyl (C=O) groups excluding carboxylic acids is 1. The molecule has 166 valence electrons. The smallest absolute Gasteiger partial charge is 0.296 e. The second-order valence-electron chi connectivity index (χ2n) is 8.45. The zero-order valence-electron chi connectivity index (χ0n) is 17.4. The van der Waals surface area contributed by atoms with Gasteiger partial charge >= 0.3 is 0 Å². The molecule has 0 radical (unpaired) electrons. The van der Waals surface area contributed by atoms with E-state index in [4.69, 9.17) is 0 Å². The Balaban J connectivity index is 1.46. The van der Waals surface area contributed by atoms with Crippen molar-refractivity contribution in [1.29, 1.82) is 0 Å². The number of aromatic nitrogens is 5. The van der Waals surface area contributed by atoms with Gasteiger partial charge in [-0.25, -0.2) is 19.0 Å². The highest BCUT2D eigenvalue weighted by molar-refractivity contribution is 5.94. The minimum Gasteiger partial charge on any atom is -0.501 e. The second kappa shape index (κ2) is 7.85. The Morgan fingerprint density at radius 3 is 2.75 bits per heavy atom. The minimum atomic E-state index is -0.685. The predicted octanol–water partition coefficient (Wildman–Crippen LogP) is 2.20. The second-order valence-corrected chi connectivity index (χ2v) is 8.45. The van der Waals surface area contributed by atoms with E-state index in [2.05, 4.69) is 20.4 Å². The number of rotatable bonds is 4. The Labute approximate surface area is 182 Å². The van der Waals surface area contributed by atoms with Crippen LogP contribution in [0.4, 0.5) is 4.39 Å². The summed E-state index contributed by atoms with van der Waals surface area (Å²) in [6.07, 6.45) is 8.40. The van der Waals surface area contributed by atoms with Crippen molar-refractivity contribution >= 4 is 5.91 Å². The Bertz CT molecular complexity index is 1230. The lowest BCUT2D eigenvalue weighted by Gasteiger charge is -2.35. The highest BCUT2D eigenvalue weighted by Crippen LogP contribution is 2.45. The molecule has 2 aromatic heterocycles. The summed E-state index contributed by atoms with van der Waals surface area (Å²) in [6.45, 7) is 0.444. The van der Waals surface area contributed by atoms with Crippen LogP contribution in [-0.4, -0.2) is 35.3 Å². The van der Waals surface area contributed by atoms with Crippen LogP contribution in [0.1, 0.15) is 60.4 Å². The summed E-state index contributed by atoms with van der Waals surface area (Å²) in [5.74, 6) is -1.26. The van der Waals surface area contributed by atoms with Crippen molar-refractivity contribution < 1.29 is 14.3 Å². The van der Waals surface area contributed by atoms with Crippen LogP contribution in [-0.2, 0) is 18.5 Å². The lowest BCUT2D eigenvalue weighted by molar-refractivity contribution is 0.0940. The zero-order valence-corrected chi connectivity index (χ0v) is 17.4. The molecule has 2 aliphatic rings.